The lowest BCUT2D eigenvalue weighted by Gasteiger charge is -2.47. The summed E-state index contributed by atoms with van der Waals surface area (Å²) in [5, 5.41) is 25.1. The van der Waals surface area contributed by atoms with Crippen LogP contribution in [0.15, 0.2) is 47.1 Å². The van der Waals surface area contributed by atoms with Crippen molar-refractivity contribution in [3.8, 4) is 0 Å². The number of benzene rings is 1. The number of fused-ring (bicyclic) bond motifs is 6. The molecule has 2 bridgehead atoms. The number of Topliss-reactive ketones (excluding diaryl/α,β-unsaturated/α-hetero) is 1. The number of rotatable bonds is 5. The molecule has 2 aromatic rings. The van der Waals surface area contributed by atoms with E-state index in [9.17, 15) is 24.6 Å². The second-order valence-electron chi connectivity index (χ2n) is 17.1. The van der Waals surface area contributed by atoms with E-state index in [0.29, 0.717) is 17.7 Å². The molecule has 314 valence electrons. The fraction of sp³-hybridized carbons (Fsp3) is 0.659. The number of aliphatic hydroxyl groups excluding tert-OH is 1. The summed E-state index contributed by atoms with van der Waals surface area (Å²) in [5.74, 6) is -5.07. The van der Waals surface area contributed by atoms with Crippen molar-refractivity contribution < 1.29 is 48.3 Å². The Bertz CT molecular complexity index is 1830. The quantitative estimate of drug-likeness (QED) is 0.302. The van der Waals surface area contributed by atoms with E-state index >= 15 is 0 Å². The second kappa shape index (κ2) is 18.2. The van der Waals surface area contributed by atoms with Crippen molar-refractivity contribution in [2.75, 3.05) is 27.3 Å². The summed E-state index contributed by atoms with van der Waals surface area (Å²) in [6.07, 6.45) is -1.06. The highest BCUT2D eigenvalue weighted by Crippen LogP contribution is 2.40. The molecule has 4 heterocycles. The van der Waals surface area contributed by atoms with Crippen LogP contribution in [0.3, 0.4) is 0 Å². The number of ether oxygens (including phenoxy) is 5. The van der Waals surface area contributed by atoms with Crippen molar-refractivity contribution in [2.24, 2.45) is 28.7 Å². The summed E-state index contributed by atoms with van der Waals surface area (Å²) in [4.78, 5) is 52.4. The minimum absolute atomic E-state index is 0.00619. The zero-order chi connectivity index (χ0) is 42.0. The van der Waals surface area contributed by atoms with Crippen molar-refractivity contribution in [3.05, 3.63) is 47.7 Å². The number of nitrogens with zero attached hydrogens (tertiary/aromatic N) is 3. The smallest absolute Gasteiger partial charge is 0.316 e. The molecule has 13 heteroatoms. The van der Waals surface area contributed by atoms with Gasteiger partial charge >= 0.3 is 5.97 Å². The fourth-order valence-electron chi connectivity index (χ4n) is 9.06. The Balaban J connectivity index is 1.74. The molecule has 1 aromatic carbocycles. The lowest BCUT2D eigenvalue weighted by molar-refractivity contribution is -0.296. The summed E-state index contributed by atoms with van der Waals surface area (Å²) >= 11 is 0. The molecule has 0 saturated carbocycles. The third-order valence-electron chi connectivity index (χ3n) is 12.1. The average Bonchev–Trinajstić information content (AvgIpc) is 3.17. The van der Waals surface area contributed by atoms with Crippen molar-refractivity contribution in [1.29, 1.82) is 0 Å². The first-order valence-electron chi connectivity index (χ1n) is 20.3. The van der Waals surface area contributed by atoms with Gasteiger partial charge in [-0.25, -0.2) is 4.99 Å². The Kier molecular flexibility index (Phi) is 14.3. The van der Waals surface area contributed by atoms with E-state index in [0.717, 1.165) is 16.5 Å². The van der Waals surface area contributed by atoms with E-state index in [1.807, 2.05) is 83.1 Å². The standard InChI is InChI=1S/C44H63N3O10/c1-12-35-44(9,52)40-26(4)36(46-29(7)48)24(2)20-43(8,54-23-31(22-53-40)18-30-19-32-15-13-14-16-33(32)45-21-30)39(27(5)37(49)28(6)41(51)56-35)57-42-38(50)34(47(10)11)17-25(3)55-42/h13-16,18-19,21,24-28,34-35,38-40,42,50,52H,12,17,20,22-23H2,1-11H3/b31-18+,46-36?/t24-,25-,26+,27+,28-,34+,35-,38-,39-,40?,42+,43-,44-/m1/s1. The molecular weight excluding hydrogens is 730 g/mol. The zero-order valence-electron chi connectivity index (χ0n) is 35.4. The van der Waals surface area contributed by atoms with Crippen LogP contribution in [0.5, 0.6) is 0 Å². The lowest BCUT2D eigenvalue weighted by atomic mass is 9.73. The van der Waals surface area contributed by atoms with Gasteiger partial charge in [0, 0.05) is 42.1 Å². The number of para-hydroxylation sites is 1. The van der Waals surface area contributed by atoms with E-state index < -0.39 is 83.2 Å². The number of ketones is 1. The first-order valence-corrected chi connectivity index (χ1v) is 20.3. The molecule has 57 heavy (non-hydrogen) atoms. The molecular formula is C44H63N3O10. The van der Waals surface area contributed by atoms with Crippen LogP contribution in [0.2, 0.25) is 0 Å². The molecule has 3 fully saturated rings. The Morgan fingerprint density at radius 3 is 2.46 bits per heavy atom. The number of aromatic nitrogens is 1. The monoisotopic (exact) mass is 793 g/mol. The minimum atomic E-state index is -1.80. The molecule has 0 aliphatic carbocycles. The number of carbonyl (C=O) groups is 3. The van der Waals surface area contributed by atoms with E-state index in [-0.39, 0.29) is 38.2 Å². The predicted octanol–water partition coefficient (Wildman–Crippen LogP) is 5.18. The van der Waals surface area contributed by atoms with Crippen LogP contribution in [0.1, 0.15) is 87.1 Å². The number of hydrogen-bond acceptors (Lipinski definition) is 12. The Morgan fingerprint density at radius 2 is 1.79 bits per heavy atom. The van der Waals surface area contributed by atoms with Gasteiger partial charge in [0.1, 0.15) is 23.7 Å². The van der Waals surface area contributed by atoms with Crippen molar-refractivity contribution in [3.63, 3.8) is 0 Å². The van der Waals surface area contributed by atoms with Gasteiger partial charge < -0.3 is 38.8 Å². The Labute approximate surface area is 337 Å². The second-order valence-corrected chi connectivity index (χ2v) is 17.1. The maximum absolute atomic E-state index is 14.5. The number of cyclic esters (lactones) is 1. The van der Waals surface area contributed by atoms with E-state index in [4.69, 9.17) is 23.7 Å². The van der Waals surface area contributed by atoms with Crippen LogP contribution < -0.4 is 0 Å². The molecule has 1 amide bonds. The van der Waals surface area contributed by atoms with Crippen molar-refractivity contribution in [1.82, 2.24) is 9.88 Å². The van der Waals surface area contributed by atoms with Crippen LogP contribution in [0, 0.1) is 23.7 Å². The molecule has 0 radical (unpaired) electrons. The summed E-state index contributed by atoms with van der Waals surface area (Å²) in [7, 11) is 3.76. The fourth-order valence-corrected chi connectivity index (χ4v) is 9.06. The number of carbonyl (C=O) groups excluding carboxylic acids is 3. The van der Waals surface area contributed by atoms with E-state index in [2.05, 4.69) is 9.98 Å². The SMILES string of the molecule is CC[C@H]1OC(=O)[C@H](C)C(=O)[C@H](C)[C@@H](O[C@@H]2O[C@H](C)C[C@H](N(C)C)[C@H]2O)[C@@]2(C)C[C@@H](C)C(=NC(C)=O)[C@H](C)C(OC/C(=C\c3cnc4ccccc4c3)CO2)[C@]1(C)O. The van der Waals surface area contributed by atoms with Crippen LogP contribution >= 0.6 is 0 Å². The first-order chi connectivity index (χ1) is 26.8. The number of aliphatic hydroxyl groups is 2. The van der Waals surface area contributed by atoms with Gasteiger partial charge in [0.25, 0.3) is 0 Å². The van der Waals surface area contributed by atoms with Gasteiger partial charge in [-0.1, -0.05) is 45.9 Å². The normalized spacial score (nSPS) is 39.1. The zero-order valence-corrected chi connectivity index (χ0v) is 35.4. The maximum atomic E-state index is 14.5. The first kappa shape index (κ1) is 44.7. The summed E-state index contributed by atoms with van der Waals surface area (Å²) in [5.41, 5.74) is -0.351. The van der Waals surface area contributed by atoms with E-state index in [1.165, 1.54) is 13.8 Å². The van der Waals surface area contributed by atoms with E-state index in [1.54, 1.807) is 27.0 Å². The number of esters is 1. The molecule has 1 unspecified atom stereocenters. The molecule has 0 spiro atoms. The molecule has 3 aliphatic heterocycles. The van der Waals surface area contributed by atoms with Gasteiger partial charge in [-0.3, -0.25) is 19.4 Å². The highest BCUT2D eigenvalue weighted by molar-refractivity contribution is 6.00. The topological polar surface area (TPSA) is 166 Å². The highest BCUT2D eigenvalue weighted by atomic mass is 16.7. The van der Waals surface area contributed by atoms with Gasteiger partial charge in [0.2, 0.25) is 5.91 Å². The molecule has 3 aliphatic rings. The Morgan fingerprint density at radius 1 is 1.09 bits per heavy atom. The van der Waals surface area contributed by atoms with Gasteiger partial charge in [-0.05, 0) is 96.3 Å². The highest BCUT2D eigenvalue weighted by Gasteiger charge is 2.53. The molecule has 2 N–H and O–H groups in total. The van der Waals surface area contributed by atoms with Gasteiger partial charge in [0.05, 0.1) is 42.6 Å². The number of aliphatic imine (C=N–C) groups is 1. The van der Waals surface area contributed by atoms with Crippen LogP contribution in [-0.2, 0) is 38.1 Å². The third kappa shape index (κ3) is 9.89. The largest absolute Gasteiger partial charge is 0.459 e. The van der Waals surface area contributed by atoms with Gasteiger partial charge in [-0.15, -0.1) is 0 Å². The van der Waals surface area contributed by atoms with Crippen LogP contribution in [0.4, 0.5) is 0 Å². The minimum Gasteiger partial charge on any atom is -0.459 e. The number of pyridine rings is 1. The number of hydrogen-bond donors (Lipinski definition) is 2. The Hall–Kier alpha value is -3.43. The predicted molar refractivity (Wildman–Crippen MR) is 216 cm³/mol. The van der Waals surface area contributed by atoms with Crippen LogP contribution in [-0.4, -0.2) is 125 Å². The molecule has 13 nitrogen and oxygen atoms in total. The van der Waals surface area contributed by atoms with Crippen molar-refractivity contribution in [2.45, 2.75) is 136 Å². The number of amides is 1. The summed E-state index contributed by atoms with van der Waals surface area (Å²) in [6, 6.07) is 9.51. The lowest BCUT2D eigenvalue weighted by Crippen LogP contribution is -2.60. The van der Waals surface area contributed by atoms with Gasteiger partial charge in [0.15, 0.2) is 12.1 Å². The summed E-state index contributed by atoms with van der Waals surface area (Å²) < 4.78 is 32.9. The molecule has 1 aromatic heterocycles. The molecule has 13 atom stereocenters. The third-order valence-corrected chi connectivity index (χ3v) is 12.1. The molecule has 5 rings (SSSR count). The molecule has 3 saturated heterocycles. The average molecular weight is 794 g/mol. The van der Waals surface area contributed by atoms with Crippen LogP contribution in [0.25, 0.3) is 17.0 Å². The van der Waals surface area contributed by atoms with Crippen molar-refractivity contribution >= 4 is 40.4 Å². The maximum Gasteiger partial charge on any atom is 0.316 e. The summed E-state index contributed by atoms with van der Waals surface area (Å²) in [6.45, 7) is 15.4. The van der Waals surface area contributed by atoms with Gasteiger partial charge in [-0.2, -0.15) is 0 Å². The number of likely N-dealkylation sites (N-methyl/N-ethyl adjacent to an activating group) is 1.